The third-order valence-corrected chi connectivity index (χ3v) is 6.60. The Morgan fingerprint density at radius 3 is 2.38 bits per heavy atom. The average Bonchev–Trinajstić information content (AvgIpc) is 3.09. The molecule has 1 amide bonds. The van der Waals surface area contributed by atoms with Crippen molar-refractivity contribution in [3.05, 3.63) is 35.9 Å². The van der Waals surface area contributed by atoms with E-state index in [0.717, 1.165) is 18.4 Å². The fourth-order valence-corrected chi connectivity index (χ4v) is 4.82. The van der Waals surface area contributed by atoms with Gasteiger partial charge in [0.1, 0.15) is 6.04 Å². The lowest BCUT2D eigenvalue weighted by Gasteiger charge is -2.15. The summed E-state index contributed by atoms with van der Waals surface area (Å²) in [6, 6.07) is 7.92. The molecule has 6 nitrogen and oxygen atoms in total. The van der Waals surface area contributed by atoms with E-state index in [1.807, 2.05) is 6.07 Å². The van der Waals surface area contributed by atoms with E-state index in [2.05, 4.69) is 5.32 Å². The van der Waals surface area contributed by atoms with Gasteiger partial charge in [-0.3, -0.25) is 4.79 Å². The van der Waals surface area contributed by atoms with Gasteiger partial charge in [0.05, 0.1) is 11.0 Å². The number of amides is 1. The summed E-state index contributed by atoms with van der Waals surface area (Å²) in [4.78, 5) is 23.3. The second-order valence-electron chi connectivity index (χ2n) is 6.17. The van der Waals surface area contributed by atoms with Gasteiger partial charge in [-0.15, -0.1) is 0 Å². The maximum atomic E-state index is 12.2. The number of hydrogen-bond donors (Lipinski definition) is 2. The molecule has 0 bridgehead atoms. The van der Waals surface area contributed by atoms with Gasteiger partial charge in [0.25, 0.3) is 0 Å². The normalized spacial score (nSPS) is 16.7. The number of benzene rings is 1. The van der Waals surface area contributed by atoms with Crippen molar-refractivity contribution in [1.29, 1.82) is 0 Å². The Hall–Kier alpha value is -1.89. The van der Waals surface area contributed by atoms with Crippen molar-refractivity contribution < 1.29 is 23.1 Å². The molecule has 1 aliphatic rings. The number of carbonyl (C=O) groups excluding carboxylic acids is 1. The van der Waals surface area contributed by atoms with E-state index in [1.54, 1.807) is 24.3 Å². The maximum absolute atomic E-state index is 12.2. The summed E-state index contributed by atoms with van der Waals surface area (Å²) in [5.74, 6) is -1.90. The Kier molecular flexibility index (Phi) is 6.36. The van der Waals surface area contributed by atoms with E-state index >= 15 is 0 Å². The average molecular weight is 353 g/mol. The van der Waals surface area contributed by atoms with Crippen LogP contribution in [-0.4, -0.2) is 42.4 Å². The molecule has 1 atom stereocenters. The molecule has 0 heterocycles. The number of carboxylic acids is 1. The Balaban J connectivity index is 1.87. The van der Waals surface area contributed by atoms with E-state index in [-0.39, 0.29) is 23.8 Å². The van der Waals surface area contributed by atoms with Crippen LogP contribution in [0.4, 0.5) is 0 Å². The Bertz CT molecular complexity index is 665. The molecular formula is C17H23NO5S. The van der Waals surface area contributed by atoms with E-state index in [0.29, 0.717) is 12.8 Å². The van der Waals surface area contributed by atoms with Crippen LogP contribution in [0.5, 0.6) is 0 Å². The summed E-state index contributed by atoms with van der Waals surface area (Å²) in [6.45, 7) is 0. The standard InChI is InChI=1S/C17H23NO5S/c19-16(10-11-24(22,23)14-8-4-5-9-14)18-15(17(20)21)12-13-6-2-1-3-7-13/h1-3,6-7,14-15H,4-5,8-12H2,(H,18,19)(H,20,21)/t15-/m1/s1. The molecule has 2 N–H and O–H groups in total. The van der Waals surface area contributed by atoms with Crippen LogP contribution in [0.3, 0.4) is 0 Å². The molecule has 1 aliphatic carbocycles. The van der Waals surface area contributed by atoms with Gasteiger partial charge in [0, 0.05) is 12.8 Å². The molecule has 2 rings (SSSR count). The fourth-order valence-electron chi connectivity index (χ4n) is 2.97. The van der Waals surface area contributed by atoms with Gasteiger partial charge >= 0.3 is 5.97 Å². The lowest BCUT2D eigenvalue weighted by Crippen LogP contribution is -2.43. The van der Waals surface area contributed by atoms with Crippen LogP contribution >= 0.6 is 0 Å². The minimum atomic E-state index is -3.28. The molecule has 132 valence electrons. The van der Waals surface area contributed by atoms with Crippen molar-refractivity contribution >= 4 is 21.7 Å². The predicted octanol–water partition coefficient (Wildman–Crippen LogP) is 1.55. The summed E-state index contributed by atoms with van der Waals surface area (Å²) >= 11 is 0. The Labute approximate surface area is 142 Å². The second-order valence-corrected chi connectivity index (χ2v) is 8.57. The van der Waals surface area contributed by atoms with E-state index in [9.17, 15) is 23.1 Å². The lowest BCUT2D eigenvalue weighted by atomic mass is 10.1. The van der Waals surface area contributed by atoms with Gasteiger partial charge in [0.2, 0.25) is 5.91 Å². The maximum Gasteiger partial charge on any atom is 0.326 e. The molecule has 0 unspecified atom stereocenters. The van der Waals surface area contributed by atoms with Gasteiger partial charge in [-0.05, 0) is 18.4 Å². The van der Waals surface area contributed by atoms with E-state index in [4.69, 9.17) is 0 Å². The smallest absolute Gasteiger partial charge is 0.326 e. The summed E-state index contributed by atoms with van der Waals surface area (Å²) in [5.41, 5.74) is 0.795. The quantitative estimate of drug-likeness (QED) is 0.738. The number of sulfone groups is 1. The number of nitrogens with one attached hydrogen (secondary N) is 1. The zero-order valence-electron chi connectivity index (χ0n) is 13.5. The SMILES string of the molecule is O=C(CCS(=O)(=O)C1CCCC1)N[C@H](Cc1ccccc1)C(=O)O. The number of carbonyl (C=O) groups is 2. The number of aliphatic carboxylic acids is 1. The van der Waals surface area contributed by atoms with Crippen LogP contribution < -0.4 is 5.32 Å². The topological polar surface area (TPSA) is 101 Å². The summed E-state index contributed by atoms with van der Waals surface area (Å²) < 4.78 is 24.3. The van der Waals surface area contributed by atoms with E-state index < -0.39 is 27.8 Å². The van der Waals surface area contributed by atoms with Crippen molar-refractivity contribution in [3.8, 4) is 0 Å². The number of rotatable bonds is 8. The highest BCUT2D eigenvalue weighted by atomic mass is 32.2. The molecular weight excluding hydrogens is 330 g/mol. The Morgan fingerprint density at radius 2 is 1.79 bits per heavy atom. The monoisotopic (exact) mass is 353 g/mol. The van der Waals surface area contributed by atoms with Crippen LogP contribution in [-0.2, 0) is 25.8 Å². The van der Waals surface area contributed by atoms with Crippen LogP contribution in [0.2, 0.25) is 0 Å². The second kappa shape index (κ2) is 8.28. The zero-order valence-corrected chi connectivity index (χ0v) is 14.3. The zero-order chi connectivity index (χ0) is 17.6. The first-order valence-electron chi connectivity index (χ1n) is 8.16. The van der Waals surface area contributed by atoms with Crippen molar-refractivity contribution in [3.63, 3.8) is 0 Å². The minimum Gasteiger partial charge on any atom is -0.480 e. The highest BCUT2D eigenvalue weighted by molar-refractivity contribution is 7.92. The molecule has 1 aromatic carbocycles. The molecule has 0 aliphatic heterocycles. The van der Waals surface area contributed by atoms with Crippen molar-refractivity contribution in [1.82, 2.24) is 5.32 Å². The Morgan fingerprint density at radius 1 is 1.17 bits per heavy atom. The van der Waals surface area contributed by atoms with Gasteiger partial charge in [-0.1, -0.05) is 43.2 Å². The van der Waals surface area contributed by atoms with Gasteiger partial charge < -0.3 is 10.4 Å². The van der Waals surface area contributed by atoms with Gasteiger partial charge in [0.15, 0.2) is 9.84 Å². The van der Waals surface area contributed by atoms with Crippen LogP contribution in [0.1, 0.15) is 37.7 Å². The third kappa shape index (κ3) is 5.33. The number of carboxylic acid groups (broad SMARTS) is 1. The molecule has 7 heteroatoms. The van der Waals surface area contributed by atoms with Crippen molar-refractivity contribution in [2.45, 2.75) is 49.8 Å². The predicted molar refractivity (Wildman–Crippen MR) is 90.4 cm³/mol. The molecule has 1 aromatic rings. The molecule has 0 radical (unpaired) electrons. The molecule has 1 fully saturated rings. The molecule has 0 spiro atoms. The first-order chi connectivity index (χ1) is 11.4. The molecule has 0 aromatic heterocycles. The van der Waals surface area contributed by atoms with Crippen LogP contribution in [0.15, 0.2) is 30.3 Å². The number of hydrogen-bond acceptors (Lipinski definition) is 4. The molecule has 0 saturated heterocycles. The molecule has 1 saturated carbocycles. The minimum absolute atomic E-state index is 0.164. The summed E-state index contributed by atoms with van der Waals surface area (Å²) in [5, 5.41) is 11.3. The molecule has 24 heavy (non-hydrogen) atoms. The highest BCUT2D eigenvalue weighted by Gasteiger charge is 2.29. The van der Waals surface area contributed by atoms with Gasteiger partial charge in [-0.25, -0.2) is 13.2 Å². The fraction of sp³-hybridized carbons (Fsp3) is 0.529. The third-order valence-electron chi connectivity index (χ3n) is 4.34. The lowest BCUT2D eigenvalue weighted by molar-refractivity contribution is -0.141. The highest BCUT2D eigenvalue weighted by Crippen LogP contribution is 2.25. The first-order valence-corrected chi connectivity index (χ1v) is 9.87. The van der Waals surface area contributed by atoms with Crippen LogP contribution in [0, 0.1) is 0 Å². The summed E-state index contributed by atoms with van der Waals surface area (Å²) in [7, 11) is -3.28. The van der Waals surface area contributed by atoms with Gasteiger partial charge in [-0.2, -0.15) is 0 Å². The van der Waals surface area contributed by atoms with Crippen molar-refractivity contribution in [2.75, 3.05) is 5.75 Å². The van der Waals surface area contributed by atoms with E-state index in [1.165, 1.54) is 0 Å². The van der Waals surface area contributed by atoms with Crippen LogP contribution in [0.25, 0.3) is 0 Å². The van der Waals surface area contributed by atoms with Crippen molar-refractivity contribution in [2.24, 2.45) is 0 Å². The summed E-state index contributed by atoms with van der Waals surface area (Å²) in [6.07, 6.45) is 3.11. The first kappa shape index (κ1) is 18.4. The largest absolute Gasteiger partial charge is 0.480 e.